The summed E-state index contributed by atoms with van der Waals surface area (Å²) >= 11 is 0. The molecule has 0 heterocycles. The van der Waals surface area contributed by atoms with Crippen molar-refractivity contribution in [1.82, 2.24) is 10.6 Å². The number of para-hydroxylation sites is 1. The minimum Gasteiger partial charge on any atom is -0.483 e. The van der Waals surface area contributed by atoms with Crippen LogP contribution in [0.4, 0.5) is 0 Å². The Balaban J connectivity index is 2.66. The van der Waals surface area contributed by atoms with Crippen molar-refractivity contribution in [3.8, 4) is 5.75 Å². The van der Waals surface area contributed by atoms with E-state index in [9.17, 15) is 4.79 Å². The molecule has 118 valence electrons. The number of carbonyl (C=O) groups is 1. The maximum absolute atomic E-state index is 11.8. The van der Waals surface area contributed by atoms with Crippen LogP contribution in [0.1, 0.15) is 45.2 Å². The van der Waals surface area contributed by atoms with Gasteiger partial charge in [0.2, 0.25) is 0 Å². The summed E-state index contributed by atoms with van der Waals surface area (Å²) in [6.45, 7) is 11.0. The van der Waals surface area contributed by atoms with Gasteiger partial charge in [-0.1, -0.05) is 39.0 Å². The molecule has 0 saturated heterocycles. The summed E-state index contributed by atoms with van der Waals surface area (Å²) in [6, 6.07) is 6.64. The highest BCUT2D eigenvalue weighted by Crippen LogP contribution is 2.23. The number of nitrogens with one attached hydrogen (secondary N) is 2. The van der Waals surface area contributed by atoms with Crippen molar-refractivity contribution in [2.24, 2.45) is 0 Å². The van der Waals surface area contributed by atoms with Crippen molar-refractivity contribution in [1.29, 1.82) is 0 Å². The first-order valence-corrected chi connectivity index (χ1v) is 7.68. The maximum atomic E-state index is 11.8. The standard InChI is InChI=1S/C17H28N2O2/c1-6-14(5)19-16(20)11-21-17-13(4)8-7-9-15(17)10-18-12(2)3/h7-9,12,14,18H,6,10-11H2,1-5H3,(H,19,20). The van der Waals surface area contributed by atoms with Gasteiger partial charge in [0.1, 0.15) is 5.75 Å². The van der Waals surface area contributed by atoms with Gasteiger partial charge in [0.15, 0.2) is 6.61 Å². The Hall–Kier alpha value is -1.55. The summed E-state index contributed by atoms with van der Waals surface area (Å²) in [5, 5.41) is 6.29. The van der Waals surface area contributed by atoms with E-state index >= 15 is 0 Å². The van der Waals surface area contributed by atoms with Crippen LogP contribution >= 0.6 is 0 Å². The van der Waals surface area contributed by atoms with Gasteiger partial charge in [-0.3, -0.25) is 4.79 Å². The lowest BCUT2D eigenvalue weighted by molar-refractivity contribution is -0.123. The summed E-state index contributed by atoms with van der Waals surface area (Å²) in [7, 11) is 0. The van der Waals surface area contributed by atoms with E-state index in [-0.39, 0.29) is 18.6 Å². The van der Waals surface area contributed by atoms with E-state index in [0.29, 0.717) is 6.04 Å². The van der Waals surface area contributed by atoms with Crippen LogP contribution in [0.2, 0.25) is 0 Å². The second-order valence-electron chi connectivity index (χ2n) is 5.76. The smallest absolute Gasteiger partial charge is 0.258 e. The third kappa shape index (κ3) is 6.17. The summed E-state index contributed by atoms with van der Waals surface area (Å²) in [4.78, 5) is 11.8. The molecule has 0 aliphatic heterocycles. The number of rotatable bonds is 8. The molecule has 1 amide bonds. The first-order valence-electron chi connectivity index (χ1n) is 7.68. The second kappa shape index (κ2) is 8.67. The third-order valence-electron chi connectivity index (χ3n) is 3.36. The van der Waals surface area contributed by atoms with Gasteiger partial charge in [0.05, 0.1) is 0 Å². The van der Waals surface area contributed by atoms with Crippen LogP contribution in [0, 0.1) is 6.92 Å². The van der Waals surface area contributed by atoms with Crippen molar-refractivity contribution >= 4 is 5.91 Å². The summed E-state index contributed by atoms with van der Waals surface area (Å²) in [5.74, 6) is 0.736. The first-order chi connectivity index (χ1) is 9.93. The lowest BCUT2D eigenvalue weighted by Gasteiger charge is -2.17. The highest BCUT2D eigenvalue weighted by molar-refractivity contribution is 5.77. The van der Waals surface area contributed by atoms with E-state index in [1.165, 1.54) is 0 Å². The Kier molecular flexibility index (Phi) is 7.23. The molecule has 21 heavy (non-hydrogen) atoms. The van der Waals surface area contributed by atoms with Crippen LogP contribution in [-0.4, -0.2) is 24.6 Å². The maximum Gasteiger partial charge on any atom is 0.258 e. The van der Waals surface area contributed by atoms with Gasteiger partial charge in [0, 0.05) is 24.2 Å². The quantitative estimate of drug-likeness (QED) is 0.774. The van der Waals surface area contributed by atoms with Gasteiger partial charge in [-0.05, 0) is 25.8 Å². The van der Waals surface area contributed by atoms with Crippen LogP contribution in [0.25, 0.3) is 0 Å². The highest BCUT2D eigenvalue weighted by Gasteiger charge is 2.11. The second-order valence-corrected chi connectivity index (χ2v) is 5.76. The highest BCUT2D eigenvalue weighted by atomic mass is 16.5. The van der Waals surface area contributed by atoms with Crippen LogP contribution in [0.3, 0.4) is 0 Å². The average Bonchev–Trinajstić information content (AvgIpc) is 2.43. The number of hydrogen-bond acceptors (Lipinski definition) is 3. The Bertz CT molecular complexity index is 458. The predicted octanol–water partition coefficient (Wildman–Crippen LogP) is 2.79. The zero-order valence-corrected chi connectivity index (χ0v) is 13.8. The van der Waals surface area contributed by atoms with Crippen LogP contribution in [0.5, 0.6) is 5.75 Å². The van der Waals surface area contributed by atoms with Crippen molar-refractivity contribution in [3.05, 3.63) is 29.3 Å². The van der Waals surface area contributed by atoms with Crippen LogP contribution in [0.15, 0.2) is 18.2 Å². The molecule has 0 aliphatic rings. The number of benzene rings is 1. The molecule has 0 fully saturated rings. The lowest BCUT2D eigenvalue weighted by Crippen LogP contribution is -2.35. The minimum atomic E-state index is -0.0737. The zero-order chi connectivity index (χ0) is 15.8. The molecular formula is C17H28N2O2. The van der Waals surface area contributed by atoms with E-state index in [2.05, 4.69) is 24.5 Å². The molecule has 1 atom stereocenters. The molecule has 1 unspecified atom stereocenters. The number of carbonyl (C=O) groups excluding carboxylic acids is 1. The molecule has 4 nitrogen and oxygen atoms in total. The van der Waals surface area contributed by atoms with Crippen molar-refractivity contribution < 1.29 is 9.53 Å². The Labute approximate surface area is 128 Å². The van der Waals surface area contributed by atoms with Gasteiger partial charge < -0.3 is 15.4 Å². The molecule has 0 spiro atoms. The molecule has 0 aromatic heterocycles. The van der Waals surface area contributed by atoms with Crippen molar-refractivity contribution in [3.63, 3.8) is 0 Å². The molecule has 1 aromatic carbocycles. The first kappa shape index (κ1) is 17.5. The van der Waals surface area contributed by atoms with Crippen LogP contribution < -0.4 is 15.4 Å². The molecule has 0 aliphatic carbocycles. The van der Waals surface area contributed by atoms with Crippen molar-refractivity contribution in [2.45, 2.75) is 59.7 Å². The van der Waals surface area contributed by atoms with Gasteiger partial charge in [-0.2, -0.15) is 0 Å². The minimum absolute atomic E-state index is 0.0594. The topological polar surface area (TPSA) is 50.4 Å². The van der Waals surface area contributed by atoms with Crippen LogP contribution in [-0.2, 0) is 11.3 Å². The predicted molar refractivity (Wildman–Crippen MR) is 86.5 cm³/mol. The zero-order valence-electron chi connectivity index (χ0n) is 13.8. The number of ether oxygens (including phenoxy) is 1. The number of amides is 1. The largest absolute Gasteiger partial charge is 0.483 e. The molecule has 2 N–H and O–H groups in total. The van der Waals surface area contributed by atoms with E-state index in [1.807, 2.05) is 39.0 Å². The summed E-state index contributed by atoms with van der Waals surface area (Å²) in [6.07, 6.45) is 0.916. The Morgan fingerprint density at radius 3 is 2.62 bits per heavy atom. The lowest BCUT2D eigenvalue weighted by atomic mass is 10.1. The molecule has 0 saturated carbocycles. The molecule has 0 bridgehead atoms. The van der Waals surface area contributed by atoms with Gasteiger partial charge >= 0.3 is 0 Å². The van der Waals surface area contributed by atoms with E-state index in [0.717, 1.165) is 29.8 Å². The van der Waals surface area contributed by atoms with Gasteiger partial charge in [-0.15, -0.1) is 0 Å². The average molecular weight is 292 g/mol. The SMILES string of the molecule is CCC(C)NC(=O)COc1c(C)cccc1CNC(C)C. The molecule has 1 aromatic rings. The molecule has 4 heteroatoms. The fourth-order valence-corrected chi connectivity index (χ4v) is 1.93. The van der Waals surface area contributed by atoms with E-state index < -0.39 is 0 Å². The fourth-order valence-electron chi connectivity index (χ4n) is 1.93. The Morgan fingerprint density at radius 1 is 1.29 bits per heavy atom. The Morgan fingerprint density at radius 2 is 2.00 bits per heavy atom. The molecule has 1 rings (SSSR count). The molecular weight excluding hydrogens is 264 g/mol. The molecule has 0 radical (unpaired) electrons. The third-order valence-corrected chi connectivity index (χ3v) is 3.36. The van der Waals surface area contributed by atoms with Gasteiger partial charge in [0.25, 0.3) is 5.91 Å². The summed E-state index contributed by atoms with van der Waals surface area (Å²) < 4.78 is 5.76. The normalized spacial score (nSPS) is 12.3. The number of aryl methyl sites for hydroxylation is 1. The van der Waals surface area contributed by atoms with Gasteiger partial charge in [-0.25, -0.2) is 0 Å². The number of hydrogen-bond donors (Lipinski definition) is 2. The van der Waals surface area contributed by atoms with E-state index in [1.54, 1.807) is 0 Å². The van der Waals surface area contributed by atoms with E-state index in [4.69, 9.17) is 4.74 Å². The fraction of sp³-hybridized carbons (Fsp3) is 0.588. The van der Waals surface area contributed by atoms with Crippen molar-refractivity contribution in [2.75, 3.05) is 6.61 Å². The monoisotopic (exact) mass is 292 g/mol. The summed E-state index contributed by atoms with van der Waals surface area (Å²) in [5.41, 5.74) is 2.13.